The van der Waals surface area contributed by atoms with Gasteiger partial charge < -0.3 is 0 Å². The van der Waals surface area contributed by atoms with Crippen LogP contribution in [0.25, 0.3) is 0 Å². The SMILES string of the molecule is CC1[B]CC(C(C)(C)C2(C)C(C)C(C)(C)C2C(C)C)C1. The van der Waals surface area contributed by atoms with E-state index < -0.39 is 0 Å². The number of hydrogen-bond acceptors (Lipinski definition) is 0. The normalized spacial score (nSPS) is 44.3. The first-order valence-electron chi connectivity index (χ1n) is 8.80. The van der Waals surface area contributed by atoms with Crippen molar-refractivity contribution in [2.75, 3.05) is 0 Å². The Morgan fingerprint density at radius 1 is 1.10 bits per heavy atom. The van der Waals surface area contributed by atoms with Gasteiger partial charge in [-0.2, -0.15) is 0 Å². The topological polar surface area (TPSA) is 0 Å². The third kappa shape index (κ3) is 1.94. The van der Waals surface area contributed by atoms with Crippen molar-refractivity contribution in [2.45, 2.75) is 80.9 Å². The highest BCUT2D eigenvalue weighted by molar-refractivity contribution is 6.38. The number of rotatable bonds is 3. The molecule has 1 aliphatic carbocycles. The van der Waals surface area contributed by atoms with Crippen LogP contribution in [0.1, 0.15) is 68.7 Å². The third-order valence-corrected chi connectivity index (χ3v) is 8.02. The number of hydrogen-bond donors (Lipinski definition) is 0. The Balaban J connectivity index is 2.33. The van der Waals surface area contributed by atoms with Crippen molar-refractivity contribution in [3.05, 3.63) is 0 Å². The molecule has 2 rings (SSSR count). The molecule has 0 nitrogen and oxygen atoms in total. The summed E-state index contributed by atoms with van der Waals surface area (Å²) in [6, 6.07) is 0. The summed E-state index contributed by atoms with van der Waals surface area (Å²) < 4.78 is 0. The van der Waals surface area contributed by atoms with E-state index in [4.69, 9.17) is 0 Å². The average molecular weight is 275 g/mol. The van der Waals surface area contributed by atoms with Gasteiger partial charge in [0.2, 0.25) is 0 Å². The van der Waals surface area contributed by atoms with Gasteiger partial charge in [0.1, 0.15) is 7.28 Å². The van der Waals surface area contributed by atoms with Crippen LogP contribution < -0.4 is 0 Å². The van der Waals surface area contributed by atoms with E-state index in [0.717, 1.165) is 29.5 Å². The molecule has 0 aromatic rings. The average Bonchev–Trinajstić information content (AvgIpc) is 2.74. The molecule has 5 unspecified atom stereocenters. The minimum Gasteiger partial charge on any atom is -0.0767 e. The van der Waals surface area contributed by atoms with Gasteiger partial charge in [0.15, 0.2) is 0 Å². The van der Waals surface area contributed by atoms with Crippen LogP contribution in [0, 0.1) is 39.9 Å². The first-order chi connectivity index (χ1) is 8.97. The predicted octanol–water partition coefficient (Wildman–Crippen LogP) is 5.92. The smallest absolute Gasteiger partial charge is 0.0767 e. The van der Waals surface area contributed by atoms with Gasteiger partial charge in [-0.15, -0.1) is 0 Å². The zero-order valence-corrected chi connectivity index (χ0v) is 15.4. The summed E-state index contributed by atoms with van der Waals surface area (Å²) in [5, 5.41) is 0. The van der Waals surface area contributed by atoms with Crippen LogP contribution in [0.15, 0.2) is 0 Å². The molecule has 0 amide bonds. The molecule has 5 atom stereocenters. The molecule has 2 aliphatic rings. The van der Waals surface area contributed by atoms with Gasteiger partial charge in [-0.1, -0.05) is 80.9 Å². The fourth-order valence-electron chi connectivity index (χ4n) is 6.57. The summed E-state index contributed by atoms with van der Waals surface area (Å²) in [6.45, 7) is 22.6. The van der Waals surface area contributed by atoms with E-state index >= 15 is 0 Å². The highest BCUT2D eigenvalue weighted by atomic mass is 14.7. The second-order valence-electron chi connectivity index (χ2n) is 9.65. The monoisotopic (exact) mass is 275 g/mol. The van der Waals surface area contributed by atoms with Crippen molar-refractivity contribution in [2.24, 2.45) is 39.9 Å². The molecule has 1 radical (unpaired) electrons. The highest BCUT2D eigenvalue weighted by Gasteiger charge is 2.68. The highest BCUT2D eigenvalue weighted by Crippen LogP contribution is 2.74. The minimum absolute atomic E-state index is 0.443. The van der Waals surface area contributed by atoms with Crippen LogP contribution in [0.4, 0.5) is 0 Å². The quantitative estimate of drug-likeness (QED) is 0.561. The summed E-state index contributed by atoms with van der Waals surface area (Å²) in [5.74, 6) is 4.14. The maximum absolute atomic E-state index is 2.61. The van der Waals surface area contributed by atoms with Gasteiger partial charge >= 0.3 is 0 Å². The van der Waals surface area contributed by atoms with Crippen LogP contribution in [0.2, 0.25) is 12.1 Å². The van der Waals surface area contributed by atoms with E-state index in [-0.39, 0.29) is 0 Å². The Bertz CT molecular complexity index is 368. The van der Waals surface area contributed by atoms with Gasteiger partial charge in [-0.05, 0) is 39.9 Å². The van der Waals surface area contributed by atoms with Crippen LogP contribution in [-0.2, 0) is 0 Å². The summed E-state index contributed by atoms with van der Waals surface area (Å²) in [4.78, 5) is 0. The molecule has 1 heteroatoms. The van der Waals surface area contributed by atoms with E-state index in [9.17, 15) is 0 Å². The van der Waals surface area contributed by atoms with Crippen LogP contribution >= 0.6 is 0 Å². The van der Waals surface area contributed by atoms with Gasteiger partial charge in [-0.3, -0.25) is 0 Å². The Morgan fingerprint density at radius 2 is 1.65 bits per heavy atom. The second kappa shape index (κ2) is 4.78. The van der Waals surface area contributed by atoms with Gasteiger partial charge in [0, 0.05) is 0 Å². The molecule has 0 aromatic carbocycles. The first kappa shape index (κ1) is 16.4. The third-order valence-electron chi connectivity index (χ3n) is 8.02. The van der Waals surface area contributed by atoms with E-state index in [0.29, 0.717) is 16.2 Å². The molecular formula is C19H36B. The van der Waals surface area contributed by atoms with Gasteiger partial charge in [0.05, 0.1) is 0 Å². The molecule has 1 heterocycles. The molecule has 1 aliphatic heterocycles. The van der Waals surface area contributed by atoms with Crippen LogP contribution in [-0.4, -0.2) is 7.28 Å². The Hall–Kier alpha value is 0.0649. The lowest BCUT2D eigenvalue weighted by molar-refractivity contribution is -0.252. The van der Waals surface area contributed by atoms with Gasteiger partial charge in [-0.25, -0.2) is 0 Å². The van der Waals surface area contributed by atoms with Crippen molar-refractivity contribution in [1.29, 1.82) is 0 Å². The Morgan fingerprint density at radius 3 is 2.05 bits per heavy atom. The molecule has 2 fully saturated rings. The molecule has 115 valence electrons. The molecule has 0 spiro atoms. The molecule has 0 aromatic heterocycles. The van der Waals surface area contributed by atoms with Gasteiger partial charge in [0.25, 0.3) is 0 Å². The summed E-state index contributed by atoms with van der Waals surface area (Å²) in [7, 11) is 2.56. The van der Waals surface area contributed by atoms with Crippen molar-refractivity contribution in [3.8, 4) is 0 Å². The minimum atomic E-state index is 0.443. The molecule has 20 heavy (non-hydrogen) atoms. The van der Waals surface area contributed by atoms with Crippen LogP contribution in [0.5, 0.6) is 0 Å². The standard InChI is InChI=1S/C19H36B/c1-12(2)16-17(5,6)14(4)19(16,9)18(7,8)15-10-13(3)20-11-15/h12-16H,10-11H2,1-9H3. The summed E-state index contributed by atoms with van der Waals surface area (Å²) >= 11 is 0. The lowest BCUT2D eigenvalue weighted by Crippen LogP contribution is -2.68. The first-order valence-corrected chi connectivity index (χ1v) is 8.80. The largest absolute Gasteiger partial charge is 0.113 e. The zero-order valence-electron chi connectivity index (χ0n) is 15.4. The lowest BCUT2D eigenvalue weighted by atomic mass is 9.31. The van der Waals surface area contributed by atoms with Crippen molar-refractivity contribution >= 4 is 7.28 Å². The van der Waals surface area contributed by atoms with E-state index in [1.54, 1.807) is 0 Å². The fraction of sp³-hybridized carbons (Fsp3) is 1.00. The van der Waals surface area contributed by atoms with E-state index in [1.165, 1.54) is 12.7 Å². The predicted molar refractivity (Wildman–Crippen MR) is 91.3 cm³/mol. The maximum atomic E-state index is 2.61. The molecular weight excluding hydrogens is 239 g/mol. The van der Waals surface area contributed by atoms with Crippen molar-refractivity contribution in [1.82, 2.24) is 0 Å². The Labute approximate surface area is 128 Å². The molecule has 1 saturated heterocycles. The van der Waals surface area contributed by atoms with E-state index in [1.807, 2.05) is 0 Å². The second-order valence-corrected chi connectivity index (χ2v) is 9.65. The Kier molecular flexibility index (Phi) is 3.93. The van der Waals surface area contributed by atoms with Crippen molar-refractivity contribution < 1.29 is 0 Å². The fourth-order valence-corrected chi connectivity index (χ4v) is 6.57. The maximum Gasteiger partial charge on any atom is 0.113 e. The molecule has 0 N–H and O–H groups in total. The zero-order chi connectivity index (χ0) is 15.5. The molecule has 0 bridgehead atoms. The summed E-state index contributed by atoms with van der Waals surface area (Å²) in [5.41, 5.74) is 1.42. The molecule has 1 saturated carbocycles. The lowest BCUT2D eigenvalue weighted by Gasteiger charge is -2.73. The van der Waals surface area contributed by atoms with Crippen molar-refractivity contribution in [3.63, 3.8) is 0 Å². The summed E-state index contributed by atoms with van der Waals surface area (Å²) in [6.07, 6.45) is 2.74. The van der Waals surface area contributed by atoms with E-state index in [2.05, 4.69) is 69.6 Å². The van der Waals surface area contributed by atoms with Crippen LogP contribution in [0.3, 0.4) is 0 Å².